The summed E-state index contributed by atoms with van der Waals surface area (Å²) in [6, 6.07) is 13.3. The summed E-state index contributed by atoms with van der Waals surface area (Å²) in [4.78, 5) is 13.1. The van der Waals surface area contributed by atoms with Crippen LogP contribution < -0.4 is 10.1 Å². The molecule has 0 bridgehead atoms. The maximum absolute atomic E-state index is 12.9. The number of thiophene rings is 1. The Labute approximate surface area is 157 Å². The average Bonchev–Trinajstić information content (AvgIpc) is 3.26. The Bertz CT molecular complexity index is 920. The van der Waals surface area contributed by atoms with Gasteiger partial charge in [0.15, 0.2) is 0 Å². The number of ether oxygens (including phenoxy) is 1. The minimum Gasteiger partial charge on any atom is -0.492 e. The van der Waals surface area contributed by atoms with Crippen molar-refractivity contribution >= 4 is 17.2 Å². The number of alkyl halides is 3. The number of rotatable bonds is 6. The molecule has 0 unspecified atom stereocenters. The van der Waals surface area contributed by atoms with Crippen LogP contribution in [-0.2, 0) is 13.2 Å². The second-order valence-corrected chi connectivity index (χ2v) is 6.70. The lowest BCUT2D eigenvalue weighted by atomic mass is 10.3. The second kappa shape index (κ2) is 7.83. The Morgan fingerprint density at radius 1 is 1.22 bits per heavy atom. The Morgan fingerprint density at radius 3 is 2.63 bits per heavy atom. The summed E-state index contributed by atoms with van der Waals surface area (Å²) >= 11 is 1.09. The van der Waals surface area contributed by atoms with E-state index < -0.39 is 11.9 Å². The number of carbonyl (C=O) groups excluding carboxylic acids is 1. The highest BCUT2D eigenvalue weighted by molar-refractivity contribution is 7.17. The number of hydrogen-bond acceptors (Lipinski definition) is 4. The van der Waals surface area contributed by atoms with Crippen molar-refractivity contribution in [2.75, 3.05) is 13.2 Å². The van der Waals surface area contributed by atoms with E-state index in [-0.39, 0.29) is 11.6 Å². The van der Waals surface area contributed by atoms with Gasteiger partial charge in [-0.15, -0.1) is 11.3 Å². The number of halogens is 3. The fraction of sp³-hybridized carbons (Fsp3) is 0.222. The van der Waals surface area contributed by atoms with Gasteiger partial charge < -0.3 is 10.1 Å². The largest absolute Gasteiger partial charge is 0.492 e. The highest BCUT2D eigenvalue weighted by Gasteiger charge is 2.35. The van der Waals surface area contributed by atoms with Gasteiger partial charge in [0.1, 0.15) is 23.7 Å². The standard InChI is InChI=1S/C18H16F3N3O2S/c1-24-16(18(19,20)21)11-13(23-24)14-7-8-15(27-14)17(25)22-9-10-26-12-5-3-2-4-6-12/h2-8,11H,9-10H2,1H3,(H,22,25). The van der Waals surface area contributed by atoms with Crippen molar-refractivity contribution in [2.45, 2.75) is 6.18 Å². The maximum Gasteiger partial charge on any atom is 0.433 e. The molecule has 0 aliphatic heterocycles. The zero-order valence-corrected chi connectivity index (χ0v) is 15.1. The molecule has 2 aromatic heterocycles. The van der Waals surface area contributed by atoms with Crippen LogP contribution >= 0.6 is 11.3 Å². The highest BCUT2D eigenvalue weighted by Crippen LogP contribution is 2.34. The lowest BCUT2D eigenvalue weighted by Gasteiger charge is -2.06. The molecule has 3 aromatic rings. The molecule has 0 atom stereocenters. The predicted octanol–water partition coefficient (Wildman–Crippen LogP) is 3.98. The number of carbonyl (C=O) groups is 1. The molecule has 0 aliphatic carbocycles. The monoisotopic (exact) mass is 395 g/mol. The summed E-state index contributed by atoms with van der Waals surface area (Å²) in [5.41, 5.74) is -0.656. The summed E-state index contributed by atoms with van der Waals surface area (Å²) in [6.45, 7) is 0.617. The third-order valence-corrected chi connectivity index (χ3v) is 4.76. The van der Waals surface area contributed by atoms with Gasteiger partial charge in [-0.2, -0.15) is 18.3 Å². The van der Waals surface area contributed by atoms with E-state index in [9.17, 15) is 18.0 Å². The minimum absolute atomic E-state index is 0.182. The zero-order valence-electron chi connectivity index (χ0n) is 14.3. The normalized spacial score (nSPS) is 11.4. The molecule has 0 saturated carbocycles. The Kier molecular flexibility index (Phi) is 5.50. The molecule has 1 N–H and O–H groups in total. The Balaban J connectivity index is 1.58. The van der Waals surface area contributed by atoms with Crippen molar-refractivity contribution in [1.82, 2.24) is 15.1 Å². The predicted molar refractivity (Wildman–Crippen MR) is 95.8 cm³/mol. The quantitative estimate of drug-likeness (QED) is 0.643. The summed E-state index contributed by atoms with van der Waals surface area (Å²) < 4.78 is 44.9. The van der Waals surface area contributed by atoms with Gasteiger partial charge in [0, 0.05) is 7.05 Å². The Morgan fingerprint density at radius 2 is 1.96 bits per heavy atom. The van der Waals surface area contributed by atoms with E-state index in [2.05, 4.69) is 10.4 Å². The third kappa shape index (κ3) is 4.68. The summed E-state index contributed by atoms with van der Waals surface area (Å²) in [5.74, 6) is 0.399. The number of hydrogen-bond donors (Lipinski definition) is 1. The van der Waals surface area contributed by atoms with Crippen LogP contribution in [0.4, 0.5) is 13.2 Å². The van der Waals surface area contributed by atoms with E-state index in [0.29, 0.717) is 28.7 Å². The van der Waals surface area contributed by atoms with Crippen molar-refractivity contribution in [3.05, 3.63) is 59.1 Å². The molecule has 27 heavy (non-hydrogen) atoms. The lowest BCUT2D eigenvalue weighted by Crippen LogP contribution is -2.27. The number of para-hydroxylation sites is 1. The van der Waals surface area contributed by atoms with E-state index >= 15 is 0 Å². The van der Waals surface area contributed by atoms with E-state index in [4.69, 9.17) is 4.74 Å². The first-order valence-electron chi connectivity index (χ1n) is 8.02. The van der Waals surface area contributed by atoms with Gasteiger partial charge in [0.2, 0.25) is 0 Å². The van der Waals surface area contributed by atoms with Gasteiger partial charge in [-0.1, -0.05) is 18.2 Å². The molecule has 1 aromatic carbocycles. The molecule has 9 heteroatoms. The van der Waals surface area contributed by atoms with Crippen LogP contribution in [0.3, 0.4) is 0 Å². The zero-order chi connectivity index (χ0) is 19.4. The van der Waals surface area contributed by atoms with Gasteiger partial charge >= 0.3 is 6.18 Å². The molecule has 1 amide bonds. The fourth-order valence-corrected chi connectivity index (χ4v) is 3.27. The van der Waals surface area contributed by atoms with Crippen molar-refractivity contribution in [3.8, 4) is 16.3 Å². The number of aromatic nitrogens is 2. The first-order valence-corrected chi connectivity index (χ1v) is 8.84. The Hall–Kier alpha value is -2.81. The smallest absolute Gasteiger partial charge is 0.433 e. The second-order valence-electron chi connectivity index (χ2n) is 5.62. The van der Waals surface area contributed by atoms with Gasteiger partial charge in [0.25, 0.3) is 5.91 Å². The van der Waals surface area contributed by atoms with Crippen LogP contribution in [0.1, 0.15) is 15.4 Å². The van der Waals surface area contributed by atoms with Gasteiger partial charge in [0.05, 0.1) is 16.3 Å². The van der Waals surface area contributed by atoms with Crippen molar-refractivity contribution < 1.29 is 22.7 Å². The first-order chi connectivity index (χ1) is 12.8. The SMILES string of the molecule is Cn1nc(-c2ccc(C(=O)NCCOc3ccccc3)s2)cc1C(F)(F)F. The highest BCUT2D eigenvalue weighted by atomic mass is 32.1. The topological polar surface area (TPSA) is 56.2 Å². The molecule has 0 fully saturated rings. The number of benzene rings is 1. The number of nitrogens with zero attached hydrogens (tertiary/aromatic N) is 2. The maximum atomic E-state index is 12.9. The molecule has 0 saturated heterocycles. The van der Waals surface area contributed by atoms with Crippen molar-refractivity contribution in [3.63, 3.8) is 0 Å². The van der Waals surface area contributed by atoms with Crippen LogP contribution in [0, 0.1) is 0 Å². The van der Waals surface area contributed by atoms with Crippen LogP contribution in [0.15, 0.2) is 48.5 Å². The first kappa shape index (κ1) is 19.0. The van der Waals surface area contributed by atoms with E-state index in [0.717, 1.165) is 22.1 Å². The van der Waals surface area contributed by atoms with Crippen LogP contribution in [0.25, 0.3) is 10.6 Å². The molecule has 0 aliphatic rings. The van der Waals surface area contributed by atoms with E-state index in [1.165, 1.54) is 7.05 Å². The van der Waals surface area contributed by atoms with Gasteiger partial charge in [-0.05, 0) is 30.3 Å². The van der Waals surface area contributed by atoms with Gasteiger partial charge in [-0.3, -0.25) is 9.48 Å². The summed E-state index contributed by atoms with van der Waals surface area (Å²) in [7, 11) is 1.24. The van der Waals surface area contributed by atoms with Crippen LogP contribution in [-0.4, -0.2) is 28.8 Å². The molecule has 2 heterocycles. The van der Waals surface area contributed by atoms with Crippen LogP contribution in [0.2, 0.25) is 0 Å². The number of amides is 1. The van der Waals surface area contributed by atoms with Gasteiger partial charge in [-0.25, -0.2) is 0 Å². The van der Waals surface area contributed by atoms with E-state index in [1.807, 2.05) is 30.3 Å². The molecule has 0 radical (unpaired) electrons. The van der Waals surface area contributed by atoms with Crippen LogP contribution in [0.5, 0.6) is 5.75 Å². The van der Waals surface area contributed by atoms with E-state index in [1.54, 1.807) is 12.1 Å². The third-order valence-electron chi connectivity index (χ3n) is 3.65. The molecular weight excluding hydrogens is 379 g/mol. The molecule has 3 rings (SSSR count). The fourth-order valence-electron chi connectivity index (χ4n) is 2.39. The molecular formula is C18H16F3N3O2S. The molecule has 0 spiro atoms. The average molecular weight is 395 g/mol. The molecule has 5 nitrogen and oxygen atoms in total. The number of nitrogens with one attached hydrogen (secondary N) is 1. The summed E-state index contributed by atoms with van der Waals surface area (Å²) in [6.07, 6.45) is -4.48. The van der Waals surface area contributed by atoms with Crippen molar-refractivity contribution in [1.29, 1.82) is 0 Å². The van der Waals surface area contributed by atoms with Crippen molar-refractivity contribution in [2.24, 2.45) is 7.05 Å². The number of aryl methyl sites for hydroxylation is 1. The lowest BCUT2D eigenvalue weighted by molar-refractivity contribution is -0.143. The minimum atomic E-state index is -4.48. The molecule has 142 valence electrons. The summed E-state index contributed by atoms with van der Waals surface area (Å²) in [5, 5.41) is 6.60.